The van der Waals surface area contributed by atoms with E-state index in [2.05, 4.69) is 10.3 Å². The summed E-state index contributed by atoms with van der Waals surface area (Å²) < 4.78 is 0. The number of carboxylic acids is 1. The molecule has 0 aromatic carbocycles. The van der Waals surface area contributed by atoms with Crippen LogP contribution in [0.1, 0.15) is 50.6 Å². The highest BCUT2D eigenvalue weighted by Gasteiger charge is 2.48. The molecular weight excluding hydrogens is 290 g/mol. The van der Waals surface area contributed by atoms with Gasteiger partial charge in [-0.05, 0) is 25.7 Å². The van der Waals surface area contributed by atoms with Crippen LogP contribution >= 0.6 is 11.3 Å². The monoisotopic (exact) mass is 311 g/mol. The van der Waals surface area contributed by atoms with Crippen molar-refractivity contribution in [2.45, 2.75) is 51.1 Å². The third-order valence-electron chi connectivity index (χ3n) is 4.17. The van der Waals surface area contributed by atoms with Crippen LogP contribution in [0.4, 0.5) is 4.79 Å². The first-order chi connectivity index (χ1) is 10.0. The lowest BCUT2D eigenvalue weighted by atomic mass is 9.93. The van der Waals surface area contributed by atoms with Crippen LogP contribution in [-0.2, 0) is 4.79 Å². The molecule has 7 heteroatoms. The Kier molecular flexibility index (Phi) is 4.82. The molecule has 1 fully saturated rings. The Labute approximate surface area is 128 Å². The van der Waals surface area contributed by atoms with Gasteiger partial charge in [0.2, 0.25) is 0 Å². The maximum Gasteiger partial charge on any atom is 0.329 e. The zero-order valence-corrected chi connectivity index (χ0v) is 13.2. The highest BCUT2D eigenvalue weighted by atomic mass is 32.1. The van der Waals surface area contributed by atoms with Crippen LogP contribution in [-0.4, -0.2) is 39.1 Å². The summed E-state index contributed by atoms with van der Waals surface area (Å²) in [5, 5.41) is 15.2. The van der Waals surface area contributed by atoms with Crippen molar-refractivity contribution in [2.75, 3.05) is 6.54 Å². The number of hydrogen-bond acceptors (Lipinski definition) is 4. The summed E-state index contributed by atoms with van der Waals surface area (Å²) in [5.74, 6) is -0.917. The zero-order valence-electron chi connectivity index (χ0n) is 12.3. The molecule has 2 N–H and O–H groups in total. The summed E-state index contributed by atoms with van der Waals surface area (Å²) >= 11 is 1.49. The molecule has 1 aromatic heterocycles. The molecular formula is C14H21N3O3S. The van der Waals surface area contributed by atoms with Crippen LogP contribution in [0.5, 0.6) is 0 Å². The Morgan fingerprint density at radius 1 is 1.57 bits per heavy atom. The first-order valence-corrected chi connectivity index (χ1v) is 8.14. The largest absolute Gasteiger partial charge is 0.479 e. The van der Waals surface area contributed by atoms with Gasteiger partial charge in [0, 0.05) is 18.1 Å². The van der Waals surface area contributed by atoms with Gasteiger partial charge < -0.3 is 15.3 Å². The van der Waals surface area contributed by atoms with Crippen LogP contribution in [0.25, 0.3) is 0 Å². The Bertz CT molecular complexity index is 506. The van der Waals surface area contributed by atoms with E-state index in [1.165, 1.54) is 16.2 Å². The molecule has 6 nitrogen and oxygen atoms in total. The Hall–Kier alpha value is -1.63. The zero-order chi connectivity index (χ0) is 15.5. The molecule has 0 saturated carbocycles. The van der Waals surface area contributed by atoms with Gasteiger partial charge in [-0.25, -0.2) is 14.6 Å². The van der Waals surface area contributed by atoms with Crippen molar-refractivity contribution in [1.29, 1.82) is 0 Å². The molecule has 1 aliphatic heterocycles. The van der Waals surface area contributed by atoms with Gasteiger partial charge in [0.05, 0.1) is 6.04 Å². The van der Waals surface area contributed by atoms with E-state index < -0.39 is 11.5 Å². The number of carbonyl (C=O) groups excluding carboxylic acids is 1. The van der Waals surface area contributed by atoms with Gasteiger partial charge in [-0.1, -0.05) is 13.8 Å². The number of carboxylic acid groups (broad SMARTS) is 1. The number of likely N-dealkylation sites (tertiary alicyclic amines) is 1. The first kappa shape index (κ1) is 15.8. The fraction of sp³-hybridized carbons (Fsp3) is 0.643. The maximum atomic E-state index is 12.5. The van der Waals surface area contributed by atoms with Crippen molar-refractivity contribution >= 4 is 23.3 Å². The Balaban J connectivity index is 2.13. The molecule has 0 radical (unpaired) electrons. The minimum absolute atomic E-state index is 0.165. The fourth-order valence-electron chi connectivity index (χ4n) is 2.89. The summed E-state index contributed by atoms with van der Waals surface area (Å²) in [6.07, 6.45) is 4.09. The second-order valence-corrected chi connectivity index (χ2v) is 6.15. The van der Waals surface area contributed by atoms with Crippen LogP contribution < -0.4 is 5.32 Å². The van der Waals surface area contributed by atoms with Crippen molar-refractivity contribution in [3.8, 4) is 0 Å². The second kappa shape index (κ2) is 6.43. The van der Waals surface area contributed by atoms with E-state index >= 15 is 0 Å². The summed E-state index contributed by atoms with van der Waals surface area (Å²) in [7, 11) is 0. The standard InChI is InChI=1S/C14H21N3O3S/c1-3-10(11-15-7-9-21-11)16-13(20)17-8-5-6-14(17,4-2)12(18)19/h7,9-10H,3-6,8H2,1-2H3,(H,16,20)(H,18,19). The van der Waals surface area contributed by atoms with Crippen LogP contribution in [0.3, 0.4) is 0 Å². The smallest absolute Gasteiger partial charge is 0.329 e. The van der Waals surface area contributed by atoms with Crippen LogP contribution in [0.2, 0.25) is 0 Å². The molecule has 0 spiro atoms. The third-order valence-corrected chi connectivity index (χ3v) is 5.06. The summed E-state index contributed by atoms with van der Waals surface area (Å²) in [6.45, 7) is 4.28. The minimum atomic E-state index is -1.06. The van der Waals surface area contributed by atoms with E-state index in [-0.39, 0.29) is 12.1 Å². The topological polar surface area (TPSA) is 82.5 Å². The molecule has 1 saturated heterocycles. The molecule has 2 atom stereocenters. The Morgan fingerprint density at radius 2 is 2.33 bits per heavy atom. The lowest BCUT2D eigenvalue weighted by Gasteiger charge is -2.34. The van der Waals surface area contributed by atoms with Gasteiger partial charge in [-0.15, -0.1) is 11.3 Å². The Morgan fingerprint density at radius 3 is 2.86 bits per heavy atom. The normalized spacial score (nSPS) is 23.0. The number of nitrogens with one attached hydrogen (secondary N) is 1. The molecule has 2 amide bonds. The predicted octanol–water partition coefficient (Wildman–Crippen LogP) is 2.63. The van der Waals surface area contributed by atoms with E-state index in [0.717, 1.165) is 17.8 Å². The molecule has 2 rings (SSSR count). The molecule has 0 aliphatic carbocycles. The van der Waals surface area contributed by atoms with Crippen molar-refractivity contribution in [3.05, 3.63) is 16.6 Å². The number of rotatable bonds is 5. The van der Waals surface area contributed by atoms with Gasteiger partial charge in [0.1, 0.15) is 10.5 Å². The molecule has 1 aromatic rings. The molecule has 2 heterocycles. The lowest BCUT2D eigenvalue weighted by molar-refractivity contribution is -0.148. The third kappa shape index (κ3) is 2.88. The van der Waals surface area contributed by atoms with Crippen molar-refractivity contribution < 1.29 is 14.7 Å². The van der Waals surface area contributed by atoms with E-state index in [1.807, 2.05) is 19.2 Å². The number of carbonyl (C=O) groups is 2. The van der Waals surface area contributed by atoms with Crippen LogP contribution in [0.15, 0.2) is 11.6 Å². The average Bonchev–Trinajstić information content (AvgIpc) is 3.13. The molecule has 21 heavy (non-hydrogen) atoms. The SMILES string of the molecule is CCC(NC(=O)N1CCCC1(CC)C(=O)O)c1nccs1. The van der Waals surface area contributed by atoms with Gasteiger partial charge in [-0.3, -0.25) is 0 Å². The summed E-state index contributed by atoms with van der Waals surface area (Å²) in [4.78, 5) is 29.8. The number of amides is 2. The second-order valence-electron chi connectivity index (χ2n) is 5.23. The molecule has 1 aliphatic rings. The highest BCUT2D eigenvalue weighted by molar-refractivity contribution is 7.09. The number of nitrogens with zero attached hydrogens (tertiary/aromatic N) is 2. The van der Waals surface area contributed by atoms with Gasteiger partial charge in [-0.2, -0.15) is 0 Å². The summed E-state index contributed by atoms with van der Waals surface area (Å²) in [5.41, 5.74) is -1.06. The number of hydrogen-bond donors (Lipinski definition) is 2. The summed E-state index contributed by atoms with van der Waals surface area (Å²) in [6, 6.07) is -0.472. The van der Waals surface area contributed by atoms with Crippen molar-refractivity contribution in [1.82, 2.24) is 15.2 Å². The highest BCUT2D eigenvalue weighted by Crippen LogP contribution is 2.33. The van der Waals surface area contributed by atoms with E-state index in [0.29, 0.717) is 19.4 Å². The number of urea groups is 1. The average molecular weight is 311 g/mol. The van der Waals surface area contributed by atoms with Gasteiger partial charge >= 0.3 is 12.0 Å². The molecule has 2 unspecified atom stereocenters. The van der Waals surface area contributed by atoms with E-state index in [1.54, 1.807) is 6.20 Å². The quantitative estimate of drug-likeness (QED) is 0.875. The lowest BCUT2D eigenvalue weighted by Crippen LogP contribution is -2.56. The number of aromatic nitrogens is 1. The van der Waals surface area contributed by atoms with E-state index in [9.17, 15) is 14.7 Å². The first-order valence-electron chi connectivity index (χ1n) is 7.26. The van der Waals surface area contributed by atoms with Crippen molar-refractivity contribution in [2.24, 2.45) is 0 Å². The van der Waals surface area contributed by atoms with E-state index in [4.69, 9.17) is 0 Å². The van der Waals surface area contributed by atoms with Crippen molar-refractivity contribution in [3.63, 3.8) is 0 Å². The van der Waals surface area contributed by atoms with Gasteiger partial charge in [0.25, 0.3) is 0 Å². The van der Waals surface area contributed by atoms with Gasteiger partial charge in [0.15, 0.2) is 0 Å². The van der Waals surface area contributed by atoms with Crippen LogP contribution in [0, 0.1) is 0 Å². The fourth-order valence-corrected chi connectivity index (χ4v) is 3.66. The number of thiazole rings is 1. The number of aliphatic carboxylic acids is 1. The predicted molar refractivity (Wildman–Crippen MR) is 80.3 cm³/mol. The maximum absolute atomic E-state index is 12.5. The minimum Gasteiger partial charge on any atom is -0.479 e. The molecule has 116 valence electrons. The molecule has 0 bridgehead atoms.